The molecule has 56 heavy (non-hydrogen) atoms. The minimum Gasteiger partial charge on any atom is -0.460 e. The van der Waals surface area contributed by atoms with Gasteiger partial charge in [0, 0.05) is 61.6 Å². The van der Waals surface area contributed by atoms with Crippen molar-refractivity contribution in [2.45, 2.75) is 140 Å². The fourth-order valence-electron chi connectivity index (χ4n) is 10.0. The van der Waals surface area contributed by atoms with Crippen LogP contribution in [0.25, 0.3) is 22.3 Å². The Labute approximate surface area is 331 Å². The Hall–Kier alpha value is -4.19. The number of carbonyl (C=O) groups excluding carboxylic acids is 3. The van der Waals surface area contributed by atoms with Crippen molar-refractivity contribution in [2.75, 3.05) is 49.5 Å². The van der Waals surface area contributed by atoms with Crippen molar-refractivity contribution in [3.8, 4) is 11.3 Å². The number of carbonyl (C=O) groups is 3. The molecule has 6 heterocycles. The molecule has 1 spiro atoms. The highest BCUT2D eigenvalue weighted by atomic mass is 16.6. The van der Waals surface area contributed by atoms with Crippen molar-refractivity contribution in [2.24, 2.45) is 5.92 Å². The predicted molar refractivity (Wildman–Crippen MR) is 218 cm³/mol. The number of anilines is 2. The molecule has 9 rings (SSSR count). The zero-order chi connectivity index (χ0) is 38.9. The second-order valence-corrected chi connectivity index (χ2v) is 18.8. The lowest BCUT2D eigenvalue weighted by Crippen LogP contribution is -2.59. The Morgan fingerprint density at radius 1 is 0.893 bits per heavy atom. The van der Waals surface area contributed by atoms with Crippen molar-refractivity contribution in [3.63, 3.8) is 0 Å². The highest BCUT2D eigenvalue weighted by molar-refractivity contribution is 6.09. The molecule has 0 atom stereocenters. The third-order valence-corrected chi connectivity index (χ3v) is 13.5. The molecule has 0 bridgehead atoms. The van der Waals surface area contributed by atoms with Crippen LogP contribution in [0.2, 0.25) is 0 Å². The predicted octanol–water partition coefficient (Wildman–Crippen LogP) is 7.12. The van der Waals surface area contributed by atoms with Crippen LogP contribution in [0.1, 0.15) is 117 Å². The molecule has 6 aliphatic rings. The van der Waals surface area contributed by atoms with Crippen LogP contribution in [0.5, 0.6) is 0 Å². The summed E-state index contributed by atoms with van der Waals surface area (Å²) in [6.07, 6.45) is 12.5. The maximum Gasteiger partial charge on any atom is 0.319 e. The average Bonchev–Trinajstić information content (AvgIpc) is 3.83. The molecule has 2 saturated carbocycles. The van der Waals surface area contributed by atoms with Gasteiger partial charge < -0.3 is 34.2 Å². The molecule has 0 unspecified atom stereocenters. The molecule has 12 nitrogen and oxygen atoms in total. The number of nitrogens with zero attached hydrogens (tertiary/aromatic N) is 7. The van der Waals surface area contributed by atoms with Crippen molar-refractivity contribution >= 4 is 40.4 Å². The molecule has 12 heteroatoms. The number of amides is 3. The number of hydrogen-bond acceptors (Lipinski definition) is 8. The minimum atomic E-state index is -0.656. The molecule has 4 aliphatic heterocycles. The molecule has 3 saturated heterocycles. The SMILES string of the molecule is CC(C)n1cnc2cc(-c3ccc4c(c3)N(C3CC(N5CCCCC5)C3)C(=O)C43CCN(C(=O)N4CCC(C(=O)OC(C)(C)C)CC4)CC3)nc(NC3CC3)c21. The van der Waals surface area contributed by atoms with Gasteiger partial charge in [-0.15, -0.1) is 0 Å². The van der Waals surface area contributed by atoms with E-state index < -0.39 is 11.0 Å². The van der Waals surface area contributed by atoms with Crippen LogP contribution in [0, 0.1) is 5.92 Å². The van der Waals surface area contributed by atoms with Gasteiger partial charge in [-0.25, -0.2) is 14.8 Å². The zero-order valence-corrected chi connectivity index (χ0v) is 34.1. The molecule has 300 valence electrons. The second kappa shape index (κ2) is 14.3. The van der Waals surface area contributed by atoms with E-state index in [1.165, 1.54) is 19.3 Å². The molecule has 0 radical (unpaired) electrons. The number of urea groups is 1. The molecule has 1 N–H and O–H groups in total. The van der Waals surface area contributed by atoms with Crippen molar-refractivity contribution in [1.82, 2.24) is 29.2 Å². The lowest BCUT2D eigenvalue weighted by atomic mass is 9.73. The number of rotatable bonds is 7. The lowest BCUT2D eigenvalue weighted by Gasteiger charge is -2.48. The highest BCUT2D eigenvalue weighted by Crippen LogP contribution is 2.52. The monoisotopic (exact) mass is 764 g/mol. The Bertz CT molecular complexity index is 1990. The largest absolute Gasteiger partial charge is 0.460 e. The number of likely N-dealkylation sites (tertiary alicyclic amines) is 3. The topological polar surface area (TPSA) is 116 Å². The Morgan fingerprint density at radius 3 is 2.25 bits per heavy atom. The van der Waals surface area contributed by atoms with Gasteiger partial charge in [-0.3, -0.25) is 9.59 Å². The molecule has 1 aromatic carbocycles. The van der Waals surface area contributed by atoms with Crippen molar-refractivity contribution in [1.29, 1.82) is 0 Å². The number of aromatic nitrogens is 3. The van der Waals surface area contributed by atoms with Crippen molar-refractivity contribution in [3.05, 3.63) is 36.2 Å². The summed E-state index contributed by atoms with van der Waals surface area (Å²) in [4.78, 5) is 60.3. The second-order valence-electron chi connectivity index (χ2n) is 18.8. The molecular formula is C44H60N8O4. The van der Waals surface area contributed by atoms with Gasteiger partial charge in [-0.2, -0.15) is 0 Å². The summed E-state index contributed by atoms with van der Waals surface area (Å²) in [5, 5.41) is 3.69. The molecule has 3 aromatic rings. The first kappa shape index (κ1) is 37.4. The average molecular weight is 765 g/mol. The third kappa shape index (κ3) is 6.83. The van der Waals surface area contributed by atoms with Gasteiger partial charge in [0.15, 0.2) is 5.82 Å². The van der Waals surface area contributed by atoms with Gasteiger partial charge in [0.2, 0.25) is 5.91 Å². The van der Waals surface area contributed by atoms with Gasteiger partial charge in [0.05, 0.1) is 28.9 Å². The number of fused-ring (bicyclic) bond motifs is 3. The number of piperidine rings is 3. The van der Waals surface area contributed by atoms with E-state index in [1.54, 1.807) is 0 Å². The van der Waals surface area contributed by atoms with E-state index in [2.05, 4.69) is 57.8 Å². The molecule has 3 amide bonds. The number of pyridine rings is 1. The van der Waals surface area contributed by atoms with E-state index in [-0.39, 0.29) is 35.9 Å². The summed E-state index contributed by atoms with van der Waals surface area (Å²) >= 11 is 0. The Kier molecular flexibility index (Phi) is 9.56. The standard InChI is InChI=1S/C44H60N8O4/c1-28(2)51-27-45-36-26-35(47-39(38(36)51)46-31-10-11-31)30-9-12-34-37(23-30)52(33-24-32(25-33)48-17-7-6-8-18-48)41(54)44(34)15-21-50(22-16-44)42(55)49-19-13-29(14-20-49)40(53)56-43(3,4)5/h9,12,23,26-29,31-33H,6-8,10-11,13-22,24-25H2,1-5H3,(H,46,47). The summed E-state index contributed by atoms with van der Waals surface area (Å²) in [5.41, 5.74) is 4.76. The Balaban J connectivity index is 0.972. The van der Waals surface area contributed by atoms with E-state index in [1.807, 2.05) is 36.9 Å². The van der Waals surface area contributed by atoms with E-state index in [9.17, 15) is 9.59 Å². The van der Waals surface area contributed by atoms with Crippen LogP contribution in [-0.4, -0.2) is 110 Å². The highest BCUT2D eigenvalue weighted by Gasteiger charge is 2.56. The van der Waals surface area contributed by atoms with Gasteiger partial charge in [0.1, 0.15) is 11.1 Å². The first-order valence-corrected chi connectivity index (χ1v) is 21.5. The van der Waals surface area contributed by atoms with E-state index in [4.69, 9.17) is 14.7 Å². The van der Waals surface area contributed by atoms with Crippen LogP contribution in [-0.2, 0) is 19.7 Å². The number of imidazole rings is 1. The normalized spacial score (nSPS) is 24.5. The Morgan fingerprint density at radius 2 is 1.59 bits per heavy atom. The van der Waals surface area contributed by atoms with Gasteiger partial charge in [-0.05, 0) is 130 Å². The first-order chi connectivity index (χ1) is 26.9. The maximum absolute atomic E-state index is 15.0. The van der Waals surface area contributed by atoms with Crippen LogP contribution in [0.3, 0.4) is 0 Å². The smallest absolute Gasteiger partial charge is 0.319 e. The summed E-state index contributed by atoms with van der Waals surface area (Å²) in [6, 6.07) is 10.1. The lowest BCUT2D eigenvalue weighted by molar-refractivity contribution is -0.161. The minimum absolute atomic E-state index is 0.0146. The summed E-state index contributed by atoms with van der Waals surface area (Å²) in [6.45, 7) is 14.5. The van der Waals surface area contributed by atoms with Crippen LogP contribution in [0.15, 0.2) is 30.6 Å². The van der Waals surface area contributed by atoms with Crippen LogP contribution < -0.4 is 10.2 Å². The van der Waals surface area contributed by atoms with Crippen LogP contribution in [0.4, 0.5) is 16.3 Å². The number of esters is 1. The van der Waals surface area contributed by atoms with Crippen LogP contribution >= 0.6 is 0 Å². The van der Waals surface area contributed by atoms with Gasteiger partial charge in [0.25, 0.3) is 0 Å². The number of hydrogen-bond donors (Lipinski definition) is 1. The fourth-order valence-corrected chi connectivity index (χ4v) is 10.0. The summed E-state index contributed by atoms with van der Waals surface area (Å²) < 4.78 is 7.83. The number of nitrogens with one attached hydrogen (secondary N) is 1. The maximum atomic E-state index is 15.0. The van der Waals surface area contributed by atoms with E-state index in [0.717, 1.165) is 78.1 Å². The third-order valence-electron chi connectivity index (χ3n) is 13.5. The quantitative estimate of drug-likeness (QED) is 0.253. The fraction of sp³-hybridized carbons (Fsp3) is 0.659. The van der Waals surface area contributed by atoms with Gasteiger partial charge in [-0.1, -0.05) is 18.6 Å². The number of benzene rings is 1. The number of ether oxygens (including phenoxy) is 1. The van der Waals surface area contributed by atoms with Crippen molar-refractivity contribution < 1.29 is 19.1 Å². The summed E-state index contributed by atoms with van der Waals surface area (Å²) in [7, 11) is 0. The zero-order valence-electron chi connectivity index (χ0n) is 34.1. The molecule has 5 fully saturated rings. The summed E-state index contributed by atoms with van der Waals surface area (Å²) in [5.74, 6) is 0.735. The van der Waals surface area contributed by atoms with E-state index >= 15 is 4.79 Å². The molecular weight excluding hydrogens is 705 g/mol. The molecule has 2 aromatic heterocycles. The molecule has 2 aliphatic carbocycles. The van der Waals surface area contributed by atoms with Gasteiger partial charge >= 0.3 is 12.0 Å². The van der Waals surface area contributed by atoms with E-state index in [0.29, 0.717) is 63.9 Å². The first-order valence-electron chi connectivity index (χ1n) is 21.5.